The molecule has 7 nitrogen and oxygen atoms in total. The molecule has 0 bridgehead atoms. The lowest BCUT2D eigenvalue weighted by Crippen LogP contribution is -2.43. The molecule has 172 valence electrons. The van der Waals surface area contributed by atoms with Gasteiger partial charge in [0.15, 0.2) is 6.04 Å². The second-order valence-electron chi connectivity index (χ2n) is 8.09. The van der Waals surface area contributed by atoms with Crippen LogP contribution in [0.4, 0.5) is 19.0 Å². The zero-order valence-electron chi connectivity index (χ0n) is 17.6. The Labute approximate surface area is 183 Å². The first kappa shape index (κ1) is 22.2. The Morgan fingerprint density at radius 3 is 2.69 bits per heavy atom. The average Bonchev–Trinajstić information content (AvgIpc) is 3.22. The molecule has 32 heavy (non-hydrogen) atoms. The van der Waals surface area contributed by atoms with Gasteiger partial charge >= 0.3 is 12.1 Å². The third kappa shape index (κ3) is 4.31. The molecule has 3 atom stereocenters. The van der Waals surface area contributed by atoms with E-state index in [2.05, 4.69) is 10.4 Å². The highest BCUT2D eigenvalue weighted by Gasteiger charge is 2.47. The van der Waals surface area contributed by atoms with Gasteiger partial charge in [-0.3, -0.25) is 9.59 Å². The van der Waals surface area contributed by atoms with E-state index in [9.17, 15) is 22.8 Å². The first-order valence-electron chi connectivity index (χ1n) is 10.7. The minimum atomic E-state index is -4.52. The summed E-state index contributed by atoms with van der Waals surface area (Å²) >= 11 is 0. The largest absolute Gasteiger partial charge is 0.466 e. The van der Waals surface area contributed by atoms with E-state index in [0.29, 0.717) is 24.9 Å². The van der Waals surface area contributed by atoms with Gasteiger partial charge in [0, 0.05) is 19.5 Å². The van der Waals surface area contributed by atoms with Crippen LogP contribution in [0.15, 0.2) is 36.5 Å². The van der Waals surface area contributed by atoms with E-state index >= 15 is 0 Å². The maximum Gasteiger partial charge on any atom is 0.410 e. The summed E-state index contributed by atoms with van der Waals surface area (Å²) in [6.07, 6.45) is -2.34. The number of anilines is 1. The maximum absolute atomic E-state index is 13.9. The number of halogens is 3. The summed E-state index contributed by atoms with van der Waals surface area (Å²) in [5.74, 6) is -1.19. The molecule has 1 fully saturated rings. The predicted molar refractivity (Wildman–Crippen MR) is 110 cm³/mol. The first-order valence-corrected chi connectivity index (χ1v) is 10.7. The molecule has 2 aliphatic rings. The molecule has 1 aromatic carbocycles. The van der Waals surface area contributed by atoms with Gasteiger partial charge in [0.1, 0.15) is 11.4 Å². The Balaban J connectivity index is 1.63. The maximum atomic E-state index is 13.9. The molecule has 2 aromatic rings. The quantitative estimate of drug-likeness (QED) is 0.714. The summed E-state index contributed by atoms with van der Waals surface area (Å²) in [6, 6.07) is 6.37. The van der Waals surface area contributed by atoms with Crippen LogP contribution in [0.5, 0.6) is 0 Å². The molecule has 0 radical (unpaired) electrons. The van der Waals surface area contributed by atoms with Gasteiger partial charge in [-0.05, 0) is 25.3 Å². The van der Waals surface area contributed by atoms with Crippen molar-refractivity contribution in [3.05, 3.63) is 47.7 Å². The second-order valence-corrected chi connectivity index (χ2v) is 8.09. The normalized spacial score (nSPS) is 23.2. The van der Waals surface area contributed by atoms with Crippen molar-refractivity contribution in [2.75, 3.05) is 25.0 Å². The number of ether oxygens (including phenoxy) is 1. The van der Waals surface area contributed by atoms with Gasteiger partial charge in [0.2, 0.25) is 0 Å². The van der Waals surface area contributed by atoms with Crippen LogP contribution in [0.25, 0.3) is 0 Å². The SMILES string of the molecule is CCOC(=O)[C@H]1CCCN(C(=O)c2cnn3c2N[C@@H](c2ccccc2)C[C@@H]3C(F)(F)F)C1. The Bertz CT molecular complexity index is 977. The van der Waals surface area contributed by atoms with Crippen molar-refractivity contribution in [2.45, 2.75) is 44.4 Å². The van der Waals surface area contributed by atoms with Crippen LogP contribution in [0.2, 0.25) is 0 Å². The van der Waals surface area contributed by atoms with E-state index in [4.69, 9.17) is 4.74 Å². The van der Waals surface area contributed by atoms with Crippen LogP contribution < -0.4 is 5.32 Å². The van der Waals surface area contributed by atoms with Gasteiger partial charge in [0.05, 0.1) is 24.8 Å². The number of hydrogen-bond donors (Lipinski definition) is 1. The smallest absolute Gasteiger partial charge is 0.410 e. The van der Waals surface area contributed by atoms with E-state index in [-0.39, 0.29) is 36.9 Å². The number of aromatic nitrogens is 2. The number of piperidine rings is 1. The molecule has 0 saturated carbocycles. The minimum absolute atomic E-state index is 0.0516. The summed E-state index contributed by atoms with van der Waals surface area (Å²) in [7, 11) is 0. The van der Waals surface area contributed by atoms with Crippen LogP contribution in [-0.4, -0.2) is 52.4 Å². The number of esters is 1. The predicted octanol–water partition coefficient (Wildman–Crippen LogP) is 3.96. The number of nitrogens with zero attached hydrogens (tertiary/aromatic N) is 3. The zero-order chi connectivity index (χ0) is 22.9. The van der Waals surface area contributed by atoms with Gasteiger partial charge in [-0.15, -0.1) is 0 Å². The highest BCUT2D eigenvalue weighted by Crippen LogP contribution is 2.44. The lowest BCUT2D eigenvalue weighted by atomic mass is 9.96. The van der Waals surface area contributed by atoms with E-state index in [1.54, 1.807) is 37.3 Å². The van der Waals surface area contributed by atoms with Crippen molar-refractivity contribution in [1.29, 1.82) is 0 Å². The molecule has 3 heterocycles. The van der Waals surface area contributed by atoms with E-state index < -0.39 is 30.1 Å². The van der Waals surface area contributed by atoms with Crippen LogP contribution in [0, 0.1) is 5.92 Å². The molecule has 1 aromatic heterocycles. The highest BCUT2D eigenvalue weighted by atomic mass is 19.4. The van der Waals surface area contributed by atoms with Crippen LogP contribution >= 0.6 is 0 Å². The van der Waals surface area contributed by atoms with E-state index in [1.165, 1.54) is 11.1 Å². The molecular weight excluding hydrogens is 425 g/mol. The molecule has 0 unspecified atom stereocenters. The number of alkyl halides is 3. The molecular formula is C22H25F3N4O3. The topological polar surface area (TPSA) is 76.5 Å². The van der Waals surface area contributed by atoms with Crippen molar-refractivity contribution in [2.24, 2.45) is 5.92 Å². The lowest BCUT2D eigenvalue weighted by molar-refractivity contribution is -0.173. The standard InChI is InChI=1S/C22H25F3N4O3/c1-2-32-21(31)15-9-6-10-28(13-15)20(30)16-12-26-29-18(22(23,24)25)11-17(27-19(16)29)14-7-4-3-5-8-14/h3-5,7-8,12,15,17-18,27H,2,6,9-11,13H2,1H3/t15-,17+,18+/m0/s1. The van der Waals surface area contributed by atoms with E-state index in [1.807, 2.05) is 0 Å². The van der Waals surface area contributed by atoms with Crippen LogP contribution in [0.3, 0.4) is 0 Å². The van der Waals surface area contributed by atoms with Gasteiger partial charge in [-0.2, -0.15) is 18.3 Å². The first-order chi connectivity index (χ1) is 15.3. The van der Waals surface area contributed by atoms with Crippen LogP contribution in [0.1, 0.15) is 54.2 Å². The van der Waals surface area contributed by atoms with Crippen LogP contribution in [-0.2, 0) is 9.53 Å². The fourth-order valence-electron chi connectivity index (χ4n) is 4.41. The van der Waals surface area contributed by atoms with Crippen molar-refractivity contribution < 1.29 is 27.5 Å². The van der Waals surface area contributed by atoms with Gasteiger partial charge in [-0.25, -0.2) is 4.68 Å². The molecule has 4 rings (SSSR count). The zero-order valence-corrected chi connectivity index (χ0v) is 17.6. The third-order valence-corrected chi connectivity index (χ3v) is 6.00. The number of benzene rings is 1. The number of likely N-dealkylation sites (tertiary alicyclic amines) is 1. The van der Waals surface area contributed by atoms with Crippen molar-refractivity contribution in [3.8, 4) is 0 Å². The molecule has 1 N–H and O–H groups in total. The number of rotatable bonds is 4. The molecule has 1 saturated heterocycles. The summed E-state index contributed by atoms with van der Waals surface area (Å²) in [5.41, 5.74) is 0.775. The van der Waals surface area contributed by atoms with Crippen molar-refractivity contribution in [1.82, 2.24) is 14.7 Å². The molecule has 10 heteroatoms. The monoisotopic (exact) mass is 450 g/mol. The highest BCUT2D eigenvalue weighted by molar-refractivity contribution is 5.99. The third-order valence-electron chi connectivity index (χ3n) is 6.00. The van der Waals surface area contributed by atoms with Gasteiger partial charge in [-0.1, -0.05) is 30.3 Å². The Hall–Kier alpha value is -3.04. The number of amides is 1. The minimum Gasteiger partial charge on any atom is -0.466 e. The summed E-state index contributed by atoms with van der Waals surface area (Å²) in [5, 5.41) is 7.03. The van der Waals surface area contributed by atoms with Crippen molar-refractivity contribution >= 4 is 17.7 Å². The molecule has 2 aliphatic heterocycles. The number of hydrogen-bond acceptors (Lipinski definition) is 5. The molecule has 1 amide bonds. The fraction of sp³-hybridized carbons (Fsp3) is 0.500. The molecule has 0 aliphatic carbocycles. The Kier molecular flexibility index (Phi) is 6.12. The second kappa shape index (κ2) is 8.84. The van der Waals surface area contributed by atoms with Gasteiger partial charge < -0.3 is 15.0 Å². The Morgan fingerprint density at radius 1 is 1.25 bits per heavy atom. The summed E-state index contributed by atoms with van der Waals surface area (Å²) in [6.45, 7) is 2.57. The number of carbonyl (C=O) groups excluding carboxylic acids is 2. The number of nitrogens with one attached hydrogen (secondary N) is 1. The Morgan fingerprint density at radius 2 is 2.00 bits per heavy atom. The fourth-order valence-corrected chi connectivity index (χ4v) is 4.41. The molecule has 0 spiro atoms. The van der Waals surface area contributed by atoms with Crippen molar-refractivity contribution in [3.63, 3.8) is 0 Å². The number of carbonyl (C=O) groups is 2. The van der Waals surface area contributed by atoms with E-state index in [0.717, 1.165) is 4.68 Å². The average molecular weight is 450 g/mol. The lowest BCUT2D eigenvalue weighted by Gasteiger charge is -2.35. The summed E-state index contributed by atoms with van der Waals surface area (Å²) < 4.78 is 47.5. The number of fused-ring (bicyclic) bond motifs is 1. The summed E-state index contributed by atoms with van der Waals surface area (Å²) in [4.78, 5) is 26.9. The van der Waals surface area contributed by atoms with Gasteiger partial charge in [0.25, 0.3) is 5.91 Å².